The Morgan fingerprint density at radius 2 is 2.13 bits per heavy atom. The van der Waals surface area contributed by atoms with E-state index in [1.165, 1.54) is 11.3 Å². The quantitative estimate of drug-likeness (QED) is 0.639. The first kappa shape index (κ1) is 16.0. The summed E-state index contributed by atoms with van der Waals surface area (Å²) >= 11 is 6.20. The topological polar surface area (TPSA) is 67.2 Å². The predicted octanol–water partition coefficient (Wildman–Crippen LogP) is 4.67. The number of aliphatic imine (C=N–C) groups is 1. The lowest BCUT2D eigenvalue weighted by atomic mass is 10.1. The van der Waals surface area contributed by atoms with Crippen molar-refractivity contribution < 1.29 is 4.79 Å². The van der Waals surface area contributed by atoms with Crippen LogP contribution in [0.15, 0.2) is 45.2 Å². The van der Waals surface area contributed by atoms with E-state index in [0.717, 1.165) is 14.2 Å². The fourth-order valence-electron chi connectivity index (χ4n) is 1.79. The average molecular weight is 407 g/mol. The number of carbonyl (C=O) groups excluding carboxylic acids is 1. The third kappa shape index (κ3) is 4.31. The van der Waals surface area contributed by atoms with Gasteiger partial charge in [0.05, 0.1) is 3.79 Å². The van der Waals surface area contributed by atoms with Crippen molar-refractivity contribution in [1.29, 1.82) is 0 Å². The number of thiophene rings is 1. The lowest BCUT2D eigenvalue weighted by Gasteiger charge is -2.01. The first-order chi connectivity index (χ1) is 11.1. The zero-order valence-corrected chi connectivity index (χ0v) is 15.2. The van der Waals surface area contributed by atoms with Crippen LogP contribution in [0.4, 0.5) is 10.3 Å². The van der Waals surface area contributed by atoms with Gasteiger partial charge in [-0.05, 0) is 47.1 Å². The number of anilines is 1. The Morgan fingerprint density at radius 1 is 1.26 bits per heavy atom. The smallest absolute Gasteiger partial charge is 0.257 e. The Morgan fingerprint density at radius 3 is 2.87 bits per heavy atom. The number of halogens is 1. The van der Waals surface area contributed by atoms with Gasteiger partial charge in [-0.3, -0.25) is 10.1 Å². The van der Waals surface area contributed by atoms with Gasteiger partial charge in [0, 0.05) is 16.7 Å². The molecular formula is C15H11BrN4OS2. The molecule has 0 fully saturated rings. The van der Waals surface area contributed by atoms with Gasteiger partial charge in [0.1, 0.15) is 0 Å². The van der Waals surface area contributed by atoms with Gasteiger partial charge in [-0.25, -0.2) is 4.99 Å². The molecule has 0 saturated heterocycles. The van der Waals surface area contributed by atoms with Crippen LogP contribution < -0.4 is 5.32 Å². The number of amides is 1. The van der Waals surface area contributed by atoms with Crippen molar-refractivity contribution >= 4 is 61.0 Å². The predicted molar refractivity (Wildman–Crippen MR) is 98.3 cm³/mol. The first-order valence-corrected chi connectivity index (χ1v) is 9.04. The summed E-state index contributed by atoms with van der Waals surface area (Å²) in [4.78, 5) is 17.4. The van der Waals surface area contributed by atoms with Gasteiger partial charge in [0.25, 0.3) is 5.91 Å². The van der Waals surface area contributed by atoms with Gasteiger partial charge in [0.2, 0.25) is 10.3 Å². The van der Waals surface area contributed by atoms with Gasteiger partial charge in [-0.2, -0.15) is 0 Å². The van der Waals surface area contributed by atoms with E-state index >= 15 is 0 Å². The van der Waals surface area contributed by atoms with Crippen LogP contribution in [0.2, 0.25) is 0 Å². The first-order valence-electron chi connectivity index (χ1n) is 6.61. The third-order valence-corrected chi connectivity index (χ3v) is 5.12. The van der Waals surface area contributed by atoms with E-state index in [2.05, 4.69) is 36.4 Å². The van der Waals surface area contributed by atoms with Gasteiger partial charge < -0.3 is 0 Å². The molecule has 1 aromatic carbocycles. The molecule has 5 nitrogen and oxygen atoms in total. The minimum Gasteiger partial charge on any atom is -0.296 e. The molecule has 0 atom stereocenters. The standard InChI is InChI=1S/C15H11BrN4OS2/c1-9-3-2-4-10(7-9)13(21)18-15-20-19-14(23-15)17-8-11-5-6-12(16)22-11/h2-8H,1H3,(H,18,20,21). The van der Waals surface area contributed by atoms with Gasteiger partial charge >= 0.3 is 0 Å². The molecule has 0 aliphatic carbocycles. The molecule has 2 aromatic heterocycles. The molecule has 3 aromatic rings. The van der Waals surface area contributed by atoms with Crippen molar-refractivity contribution in [2.45, 2.75) is 6.92 Å². The lowest BCUT2D eigenvalue weighted by Crippen LogP contribution is -2.11. The SMILES string of the molecule is Cc1cccc(C(=O)Nc2nnc(N=Cc3ccc(Br)s3)s2)c1. The summed E-state index contributed by atoms with van der Waals surface area (Å²) in [5, 5.41) is 11.5. The van der Waals surface area contributed by atoms with Crippen LogP contribution >= 0.6 is 38.6 Å². The highest BCUT2D eigenvalue weighted by molar-refractivity contribution is 9.11. The van der Waals surface area contributed by atoms with Gasteiger partial charge in [-0.1, -0.05) is 29.0 Å². The number of hydrogen-bond donors (Lipinski definition) is 1. The Bertz CT molecular complexity index is 872. The normalized spacial score (nSPS) is 11.0. The largest absolute Gasteiger partial charge is 0.296 e. The summed E-state index contributed by atoms with van der Waals surface area (Å²) in [5.74, 6) is -0.206. The second kappa shape index (κ2) is 7.12. The summed E-state index contributed by atoms with van der Waals surface area (Å²) in [6.07, 6.45) is 1.72. The van der Waals surface area contributed by atoms with Crippen molar-refractivity contribution in [2.24, 2.45) is 4.99 Å². The Kier molecular flexibility index (Phi) is 4.94. The number of rotatable bonds is 4. The molecule has 1 N–H and O–H groups in total. The van der Waals surface area contributed by atoms with Gasteiger partial charge in [0.15, 0.2) is 0 Å². The summed E-state index contributed by atoms with van der Waals surface area (Å²) in [6, 6.07) is 11.3. The fourth-order valence-corrected chi connectivity index (χ4v) is 3.67. The molecule has 3 rings (SSSR count). The van der Waals surface area contributed by atoms with E-state index < -0.39 is 0 Å². The molecule has 8 heteroatoms. The third-order valence-electron chi connectivity index (χ3n) is 2.81. The number of aryl methyl sites for hydroxylation is 1. The molecule has 23 heavy (non-hydrogen) atoms. The lowest BCUT2D eigenvalue weighted by molar-refractivity contribution is 0.102. The van der Waals surface area contributed by atoms with E-state index in [1.807, 2.05) is 37.3 Å². The number of nitrogens with zero attached hydrogens (tertiary/aromatic N) is 3. The molecule has 1 amide bonds. The highest BCUT2D eigenvalue weighted by atomic mass is 79.9. The summed E-state index contributed by atoms with van der Waals surface area (Å²) < 4.78 is 1.04. The van der Waals surface area contributed by atoms with Crippen molar-refractivity contribution in [2.75, 3.05) is 5.32 Å². The van der Waals surface area contributed by atoms with Crippen LogP contribution in [0.5, 0.6) is 0 Å². The minimum atomic E-state index is -0.206. The highest BCUT2D eigenvalue weighted by Crippen LogP contribution is 2.25. The van der Waals surface area contributed by atoms with Crippen LogP contribution in [0.25, 0.3) is 0 Å². The molecule has 2 heterocycles. The molecular weight excluding hydrogens is 396 g/mol. The molecule has 116 valence electrons. The maximum atomic E-state index is 12.1. The average Bonchev–Trinajstić information content (AvgIpc) is 3.14. The molecule has 0 radical (unpaired) electrons. The van der Waals surface area contributed by atoms with E-state index in [-0.39, 0.29) is 5.91 Å². The van der Waals surface area contributed by atoms with Gasteiger partial charge in [-0.15, -0.1) is 21.5 Å². The van der Waals surface area contributed by atoms with Crippen LogP contribution in [0, 0.1) is 6.92 Å². The van der Waals surface area contributed by atoms with E-state index in [0.29, 0.717) is 15.8 Å². The second-order valence-corrected chi connectivity index (χ2v) is 8.06. The van der Waals surface area contributed by atoms with E-state index in [1.54, 1.807) is 23.6 Å². The number of nitrogens with one attached hydrogen (secondary N) is 1. The number of benzene rings is 1. The summed E-state index contributed by atoms with van der Waals surface area (Å²) in [7, 11) is 0. The zero-order chi connectivity index (χ0) is 16.2. The van der Waals surface area contributed by atoms with E-state index in [9.17, 15) is 4.79 Å². The number of carbonyl (C=O) groups is 1. The Balaban J connectivity index is 1.67. The van der Waals surface area contributed by atoms with Crippen molar-refractivity contribution in [3.63, 3.8) is 0 Å². The van der Waals surface area contributed by atoms with Crippen molar-refractivity contribution in [3.8, 4) is 0 Å². The van der Waals surface area contributed by atoms with Crippen LogP contribution in [0.1, 0.15) is 20.8 Å². The van der Waals surface area contributed by atoms with Crippen LogP contribution in [-0.2, 0) is 0 Å². The molecule has 0 saturated carbocycles. The summed E-state index contributed by atoms with van der Waals surface area (Å²) in [6.45, 7) is 1.94. The molecule has 0 aliphatic rings. The van der Waals surface area contributed by atoms with Crippen molar-refractivity contribution in [1.82, 2.24) is 10.2 Å². The second-order valence-electron chi connectivity index (χ2n) is 4.61. The zero-order valence-electron chi connectivity index (χ0n) is 12.0. The maximum absolute atomic E-state index is 12.1. The molecule has 0 spiro atoms. The fraction of sp³-hybridized carbons (Fsp3) is 0.0667. The summed E-state index contributed by atoms with van der Waals surface area (Å²) in [5.41, 5.74) is 1.62. The van der Waals surface area contributed by atoms with Crippen molar-refractivity contribution in [3.05, 3.63) is 56.2 Å². The molecule has 0 bridgehead atoms. The molecule has 0 aliphatic heterocycles. The Labute approximate surface area is 149 Å². The molecule has 0 unspecified atom stereocenters. The van der Waals surface area contributed by atoms with Crippen LogP contribution in [0.3, 0.4) is 0 Å². The van der Waals surface area contributed by atoms with E-state index in [4.69, 9.17) is 0 Å². The number of aromatic nitrogens is 2. The maximum Gasteiger partial charge on any atom is 0.257 e. The van der Waals surface area contributed by atoms with Crippen LogP contribution in [-0.4, -0.2) is 22.3 Å². The Hall–Kier alpha value is -1.90. The number of hydrogen-bond acceptors (Lipinski definition) is 6. The monoisotopic (exact) mass is 406 g/mol. The highest BCUT2D eigenvalue weighted by Gasteiger charge is 2.09. The minimum absolute atomic E-state index is 0.206.